The number of nitriles is 2. The molecule has 2 heterocycles. The smallest absolute Gasteiger partial charge is 0.357 e. The number of fused-ring (bicyclic) bond motifs is 3. The van der Waals surface area contributed by atoms with Gasteiger partial charge in [0.25, 0.3) is 0 Å². The summed E-state index contributed by atoms with van der Waals surface area (Å²) >= 11 is 0. The molecule has 7 heteroatoms. The first-order valence-corrected chi connectivity index (χ1v) is 8.87. The van der Waals surface area contributed by atoms with E-state index in [-0.39, 0.29) is 122 Å². The second-order valence-corrected chi connectivity index (χ2v) is 6.47. The van der Waals surface area contributed by atoms with Crippen molar-refractivity contribution in [1.29, 1.82) is 10.5 Å². The number of hydrogen-bond acceptors (Lipinski definition) is 4. The first kappa shape index (κ1) is 24.8. The van der Waals surface area contributed by atoms with E-state index < -0.39 is 0 Å². The Morgan fingerprint density at radius 1 is 0.774 bits per heavy atom. The SMILES string of the molecule is N#Cc1ncc(-c2ccc(-n3c4cc[c-]cc4c4c[c-]ccc43)c(C#N)c2)cn1.[Rb+].[Rb+]. The maximum absolute atomic E-state index is 9.86. The van der Waals surface area contributed by atoms with Crippen molar-refractivity contribution in [3.8, 4) is 29.0 Å². The molecule has 0 spiro atoms. The Balaban J connectivity index is 0.00000136. The summed E-state index contributed by atoms with van der Waals surface area (Å²) < 4.78 is 2.09. The van der Waals surface area contributed by atoms with Crippen LogP contribution in [0.25, 0.3) is 38.6 Å². The predicted molar refractivity (Wildman–Crippen MR) is 109 cm³/mol. The Morgan fingerprint density at radius 3 is 1.94 bits per heavy atom. The van der Waals surface area contributed by atoms with Crippen LogP contribution in [-0.4, -0.2) is 14.5 Å². The van der Waals surface area contributed by atoms with E-state index >= 15 is 0 Å². The molecule has 0 saturated heterocycles. The predicted octanol–water partition coefficient (Wildman–Crippen LogP) is -1.41. The van der Waals surface area contributed by atoms with Crippen molar-refractivity contribution in [3.63, 3.8) is 0 Å². The molecule has 134 valence electrons. The second kappa shape index (κ2) is 10.8. The van der Waals surface area contributed by atoms with Gasteiger partial charge in [0.2, 0.25) is 5.82 Å². The summed E-state index contributed by atoms with van der Waals surface area (Å²) in [5.41, 5.74) is 4.90. The molecule has 5 aromatic rings. The van der Waals surface area contributed by atoms with Crippen molar-refractivity contribution in [2.45, 2.75) is 0 Å². The van der Waals surface area contributed by atoms with Gasteiger partial charge in [0.15, 0.2) is 0 Å². The van der Waals surface area contributed by atoms with Gasteiger partial charge in [0, 0.05) is 18.0 Å². The third kappa shape index (κ3) is 4.62. The molecule has 0 saturated carbocycles. The van der Waals surface area contributed by atoms with Gasteiger partial charge in [-0.2, -0.15) is 57.7 Å². The Bertz CT molecular complexity index is 1420. The van der Waals surface area contributed by atoms with Gasteiger partial charge < -0.3 is 4.57 Å². The summed E-state index contributed by atoms with van der Waals surface area (Å²) in [6.45, 7) is 0. The van der Waals surface area contributed by atoms with Gasteiger partial charge >= 0.3 is 116 Å². The van der Waals surface area contributed by atoms with Crippen LogP contribution in [0, 0.1) is 34.8 Å². The van der Waals surface area contributed by atoms with Crippen LogP contribution < -0.4 is 116 Å². The molecule has 0 radical (unpaired) electrons. The van der Waals surface area contributed by atoms with E-state index in [9.17, 15) is 5.26 Å². The first-order chi connectivity index (χ1) is 14.3. The summed E-state index contributed by atoms with van der Waals surface area (Å²) in [6, 6.07) is 27.8. The summed E-state index contributed by atoms with van der Waals surface area (Å²) in [7, 11) is 0. The van der Waals surface area contributed by atoms with E-state index in [0.29, 0.717) is 5.56 Å². The minimum atomic E-state index is 0. The fourth-order valence-electron chi connectivity index (χ4n) is 3.59. The number of nitrogens with zero attached hydrogens (tertiary/aromatic N) is 5. The van der Waals surface area contributed by atoms with Gasteiger partial charge in [-0.1, -0.05) is 17.1 Å². The zero-order valence-corrected chi connectivity index (χ0v) is 26.9. The Hall–Kier alpha value is -0.870. The van der Waals surface area contributed by atoms with Gasteiger partial charge in [-0.3, -0.25) is 0 Å². The van der Waals surface area contributed by atoms with Crippen LogP contribution >= 0.6 is 0 Å². The molecule has 5 nitrogen and oxygen atoms in total. The molecule has 0 fully saturated rings. The topological polar surface area (TPSA) is 78.3 Å². The van der Waals surface area contributed by atoms with Crippen molar-refractivity contribution < 1.29 is 116 Å². The minimum Gasteiger partial charge on any atom is -0.357 e. The van der Waals surface area contributed by atoms with Crippen molar-refractivity contribution in [2.24, 2.45) is 0 Å². The molecule has 0 atom stereocenters. The van der Waals surface area contributed by atoms with E-state index in [1.165, 1.54) is 0 Å². The summed E-state index contributed by atoms with van der Waals surface area (Å²) in [5.74, 6) is 0.116. The zero-order valence-electron chi connectivity index (χ0n) is 17.1. The van der Waals surface area contributed by atoms with Gasteiger partial charge in [-0.15, -0.1) is 12.1 Å². The van der Waals surface area contributed by atoms with Crippen LogP contribution in [0.15, 0.2) is 67.0 Å². The second-order valence-electron chi connectivity index (χ2n) is 6.47. The monoisotopic (exact) mass is 539 g/mol. The van der Waals surface area contributed by atoms with Crippen molar-refractivity contribution in [2.75, 3.05) is 0 Å². The molecule has 5 rings (SSSR count). The minimum absolute atomic E-state index is 0. The van der Waals surface area contributed by atoms with Crippen LogP contribution in [0.2, 0.25) is 0 Å². The average molecular weight is 540 g/mol. The molecular weight excluding hydrogens is 529 g/mol. The molecule has 0 bridgehead atoms. The molecule has 2 aromatic heterocycles. The molecule has 0 aliphatic rings. The average Bonchev–Trinajstić information content (AvgIpc) is 3.13. The van der Waals surface area contributed by atoms with Crippen molar-refractivity contribution in [1.82, 2.24) is 14.5 Å². The first-order valence-electron chi connectivity index (χ1n) is 8.87. The molecule has 3 aromatic carbocycles. The number of aromatic nitrogens is 3. The van der Waals surface area contributed by atoms with Crippen LogP contribution in [-0.2, 0) is 0 Å². The van der Waals surface area contributed by atoms with Crippen LogP contribution in [0.5, 0.6) is 0 Å². The standard InChI is InChI=1S/C24H11N5.2Rb/c25-12-17-11-16(18-14-27-24(13-26)28-15-18)9-10-21(17)29-22-7-3-1-5-19(22)20-6-2-4-8-23(20)29;;/h3-11,14-15H;;/q-2;2*+1. The molecule has 0 aliphatic carbocycles. The third-order valence-corrected chi connectivity index (χ3v) is 4.90. The maximum Gasteiger partial charge on any atom is 1.00 e. The quantitative estimate of drug-likeness (QED) is 0.258. The summed E-state index contributed by atoms with van der Waals surface area (Å²) in [4.78, 5) is 8.03. The molecule has 0 aliphatic heterocycles. The van der Waals surface area contributed by atoms with E-state index in [4.69, 9.17) is 5.26 Å². The number of hydrogen-bond donors (Lipinski definition) is 0. The number of rotatable bonds is 2. The van der Waals surface area contributed by atoms with Gasteiger partial charge in [0.1, 0.15) is 12.1 Å². The van der Waals surface area contributed by atoms with Crippen LogP contribution in [0.1, 0.15) is 11.4 Å². The van der Waals surface area contributed by atoms with E-state index in [1.54, 1.807) is 12.4 Å². The van der Waals surface area contributed by atoms with E-state index in [0.717, 1.165) is 38.6 Å². The Kier molecular flexibility index (Phi) is 8.65. The zero-order chi connectivity index (χ0) is 19.8. The normalized spacial score (nSPS) is 10.0. The van der Waals surface area contributed by atoms with Crippen LogP contribution in [0.4, 0.5) is 0 Å². The maximum atomic E-state index is 9.86. The van der Waals surface area contributed by atoms with Crippen LogP contribution in [0.3, 0.4) is 0 Å². The van der Waals surface area contributed by atoms with E-state index in [1.807, 2.05) is 60.7 Å². The molecular formula is C24H11N5Rb2. The number of benzene rings is 3. The molecule has 0 amide bonds. The fraction of sp³-hybridized carbons (Fsp3) is 0. The third-order valence-electron chi connectivity index (χ3n) is 4.90. The Labute approximate surface area is 277 Å². The molecule has 0 N–H and O–H groups in total. The van der Waals surface area contributed by atoms with Gasteiger partial charge in [-0.05, 0) is 17.7 Å². The van der Waals surface area contributed by atoms with Gasteiger partial charge in [0.05, 0.1) is 11.3 Å². The largest absolute Gasteiger partial charge is 1.00 e. The summed E-state index contributed by atoms with van der Waals surface area (Å²) in [6.07, 6.45) is 3.18. The fourth-order valence-corrected chi connectivity index (χ4v) is 3.59. The van der Waals surface area contributed by atoms with Crippen molar-refractivity contribution >= 4 is 21.8 Å². The van der Waals surface area contributed by atoms with Crippen molar-refractivity contribution in [3.05, 3.63) is 90.5 Å². The molecule has 31 heavy (non-hydrogen) atoms. The van der Waals surface area contributed by atoms with E-state index in [2.05, 4.69) is 32.7 Å². The Morgan fingerprint density at radius 2 is 1.39 bits per heavy atom. The summed E-state index contributed by atoms with van der Waals surface area (Å²) in [5, 5.41) is 20.9. The molecule has 0 unspecified atom stereocenters. The van der Waals surface area contributed by atoms with Gasteiger partial charge in [-0.25, -0.2) is 9.97 Å².